The van der Waals surface area contributed by atoms with Crippen molar-refractivity contribution in [1.82, 2.24) is 20.0 Å². The normalized spacial score (nSPS) is 17.9. The summed E-state index contributed by atoms with van der Waals surface area (Å²) in [5, 5.41) is 8.15. The number of nitrogens with two attached hydrogens (primary N) is 1. The zero-order valence-electron chi connectivity index (χ0n) is 18.8. The zero-order chi connectivity index (χ0) is 22.8. The standard InChI is InChI=1S/C26H27N5O2/c1-26(2,19-5-9-22(10-6-19)33-24-15-20(27)16-24)18-3-7-21(8-4-18)32-23-11-12-25(28-17-23)31-29-13-14-30-31/h3-14,17,20,24H,15-16,27H2,1-2H3. The Kier molecular flexibility index (Phi) is 5.56. The second kappa shape index (κ2) is 8.67. The van der Waals surface area contributed by atoms with Gasteiger partial charge in [0.15, 0.2) is 5.82 Å². The van der Waals surface area contributed by atoms with Crippen LogP contribution in [0.3, 0.4) is 0 Å². The predicted molar refractivity (Wildman–Crippen MR) is 126 cm³/mol. The molecule has 0 spiro atoms. The van der Waals surface area contributed by atoms with E-state index in [0.717, 1.165) is 24.3 Å². The summed E-state index contributed by atoms with van der Waals surface area (Å²) in [5.41, 5.74) is 8.12. The van der Waals surface area contributed by atoms with Crippen LogP contribution in [0.25, 0.3) is 5.82 Å². The van der Waals surface area contributed by atoms with Crippen molar-refractivity contribution in [3.05, 3.63) is 90.4 Å². The van der Waals surface area contributed by atoms with Crippen LogP contribution in [0.4, 0.5) is 0 Å². The van der Waals surface area contributed by atoms with E-state index in [1.807, 2.05) is 36.4 Å². The van der Waals surface area contributed by atoms with Gasteiger partial charge >= 0.3 is 0 Å². The van der Waals surface area contributed by atoms with Crippen LogP contribution >= 0.6 is 0 Å². The molecule has 0 atom stereocenters. The summed E-state index contributed by atoms with van der Waals surface area (Å²) in [6, 6.07) is 20.5. The molecule has 7 heteroatoms. The number of rotatable bonds is 7. The largest absolute Gasteiger partial charge is 0.490 e. The van der Waals surface area contributed by atoms with Crippen LogP contribution in [0.15, 0.2) is 79.3 Å². The van der Waals surface area contributed by atoms with Crippen LogP contribution in [0.1, 0.15) is 37.8 Å². The minimum absolute atomic E-state index is 0.157. The van der Waals surface area contributed by atoms with Crippen LogP contribution in [0.5, 0.6) is 17.2 Å². The Hall–Kier alpha value is -3.71. The number of aromatic nitrogens is 4. The summed E-state index contributed by atoms with van der Waals surface area (Å²) in [6.07, 6.45) is 7.01. The van der Waals surface area contributed by atoms with E-state index in [-0.39, 0.29) is 17.6 Å². The number of benzene rings is 2. The SMILES string of the molecule is CC(C)(c1ccc(Oc2ccc(-n3nccn3)nc2)cc1)c1ccc(OC2CC(N)C2)cc1. The van der Waals surface area contributed by atoms with Crippen LogP contribution in [0.2, 0.25) is 0 Å². The molecule has 2 aromatic carbocycles. The molecule has 0 aliphatic heterocycles. The number of ether oxygens (including phenoxy) is 2. The van der Waals surface area contributed by atoms with Crippen molar-refractivity contribution < 1.29 is 9.47 Å². The summed E-state index contributed by atoms with van der Waals surface area (Å²) < 4.78 is 11.9. The molecule has 7 nitrogen and oxygen atoms in total. The average molecular weight is 442 g/mol. The van der Waals surface area contributed by atoms with E-state index in [9.17, 15) is 0 Å². The molecule has 168 valence electrons. The first kappa shape index (κ1) is 21.2. The van der Waals surface area contributed by atoms with E-state index in [1.165, 1.54) is 15.9 Å². The fourth-order valence-electron chi connectivity index (χ4n) is 3.97. The van der Waals surface area contributed by atoms with Gasteiger partial charge in [-0.2, -0.15) is 10.2 Å². The summed E-state index contributed by atoms with van der Waals surface area (Å²) in [6.45, 7) is 4.44. The third-order valence-corrected chi connectivity index (χ3v) is 6.17. The van der Waals surface area contributed by atoms with Gasteiger partial charge in [-0.25, -0.2) is 4.98 Å². The lowest BCUT2D eigenvalue weighted by Crippen LogP contribution is -2.43. The van der Waals surface area contributed by atoms with Crippen molar-refractivity contribution in [3.8, 4) is 23.1 Å². The molecule has 0 unspecified atom stereocenters. The van der Waals surface area contributed by atoms with Crippen molar-refractivity contribution >= 4 is 0 Å². The molecule has 0 bridgehead atoms. The molecule has 1 aliphatic carbocycles. The van der Waals surface area contributed by atoms with Gasteiger partial charge in [0.05, 0.1) is 18.6 Å². The highest BCUT2D eigenvalue weighted by atomic mass is 16.5. The Morgan fingerprint density at radius 3 is 1.94 bits per heavy atom. The molecule has 1 saturated carbocycles. The van der Waals surface area contributed by atoms with Gasteiger partial charge in [0, 0.05) is 11.5 Å². The Morgan fingerprint density at radius 1 is 0.818 bits per heavy atom. The zero-order valence-corrected chi connectivity index (χ0v) is 18.8. The van der Waals surface area contributed by atoms with Crippen molar-refractivity contribution in [2.24, 2.45) is 5.73 Å². The lowest BCUT2D eigenvalue weighted by atomic mass is 9.78. The molecule has 5 rings (SSSR count). The van der Waals surface area contributed by atoms with Gasteiger partial charge in [-0.1, -0.05) is 38.1 Å². The molecule has 2 N–H and O–H groups in total. The summed E-state index contributed by atoms with van der Waals surface area (Å²) >= 11 is 0. The molecule has 4 aromatic rings. The van der Waals surface area contributed by atoms with Gasteiger partial charge in [0.1, 0.15) is 23.4 Å². The van der Waals surface area contributed by atoms with E-state index in [4.69, 9.17) is 15.2 Å². The van der Waals surface area contributed by atoms with E-state index in [0.29, 0.717) is 11.6 Å². The quantitative estimate of drug-likeness (QED) is 0.449. The van der Waals surface area contributed by atoms with Crippen LogP contribution in [0, 0.1) is 0 Å². The van der Waals surface area contributed by atoms with Crippen LogP contribution in [-0.2, 0) is 5.41 Å². The highest BCUT2D eigenvalue weighted by Crippen LogP contribution is 2.34. The number of pyridine rings is 1. The fourth-order valence-corrected chi connectivity index (χ4v) is 3.97. The van der Waals surface area contributed by atoms with E-state index in [1.54, 1.807) is 18.6 Å². The maximum absolute atomic E-state index is 5.98. The third kappa shape index (κ3) is 4.59. The lowest BCUT2D eigenvalue weighted by molar-refractivity contribution is 0.101. The summed E-state index contributed by atoms with van der Waals surface area (Å²) in [4.78, 5) is 5.81. The number of hydrogen-bond donors (Lipinski definition) is 1. The highest BCUT2D eigenvalue weighted by molar-refractivity contribution is 5.42. The highest BCUT2D eigenvalue weighted by Gasteiger charge is 2.28. The van der Waals surface area contributed by atoms with Crippen molar-refractivity contribution in [2.75, 3.05) is 0 Å². The van der Waals surface area contributed by atoms with Gasteiger partial charge in [0.25, 0.3) is 0 Å². The second-order valence-corrected chi connectivity index (χ2v) is 8.92. The van der Waals surface area contributed by atoms with Crippen molar-refractivity contribution in [1.29, 1.82) is 0 Å². The molecule has 2 aromatic heterocycles. The minimum Gasteiger partial charge on any atom is -0.490 e. The van der Waals surface area contributed by atoms with E-state index < -0.39 is 0 Å². The first-order valence-corrected chi connectivity index (χ1v) is 11.1. The van der Waals surface area contributed by atoms with Gasteiger partial charge in [0.2, 0.25) is 0 Å². The Balaban J connectivity index is 1.24. The van der Waals surface area contributed by atoms with Crippen molar-refractivity contribution in [2.45, 2.75) is 44.2 Å². The third-order valence-electron chi connectivity index (χ3n) is 6.17. The first-order valence-electron chi connectivity index (χ1n) is 11.1. The second-order valence-electron chi connectivity index (χ2n) is 8.92. The molecule has 0 saturated heterocycles. The monoisotopic (exact) mass is 441 g/mol. The van der Waals surface area contributed by atoms with E-state index in [2.05, 4.69) is 53.3 Å². The maximum atomic E-state index is 5.98. The maximum Gasteiger partial charge on any atom is 0.174 e. The molecule has 0 amide bonds. The topological polar surface area (TPSA) is 88.1 Å². The van der Waals surface area contributed by atoms with Crippen LogP contribution in [-0.4, -0.2) is 32.1 Å². The molecule has 2 heterocycles. The molecule has 33 heavy (non-hydrogen) atoms. The molecule has 1 fully saturated rings. The van der Waals surface area contributed by atoms with Crippen LogP contribution < -0.4 is 15.2 Å². The number of hydrogen-bond acceptors (Lipinski definition) is 6. The molecular weight excluding hydrogens is 414 g/mol. The van der Waals surface area contributed by atoms with E-state index >= 15 is 0 Å². The first-order chi connectivity index (χ1) is 16.0. The fraction of sp³-hybridized carbons (Fsp3) is 0.269. The number of nitrogens with zero attached hydrogens (tertiary/aromatic N) is 4. The minimum atomic E-state index is -0.157. The van der Waals surface area contributed by atoms with Gasteiger partial charge in [-0.3, -0.25) is 0 Å². The molecular formula is C26H27N5O2. The Morgan fingerprint density at radius 2 is 1.39 bits per heavy atom. The Labute approximate surface area is 193 Å². The molecule has 1 aliphatic rings. The molecule has 0 radical (unpaired) electrons. The van der Waals surface area contributed by atoms with Gasteiger partial charge in [-0.05, 0) is 60.4 Å². The Bertz CT molecular complexity index is 1180. The average Bonchev–Trinajstić information content (AvgIpc) is 3.34. The van der Waals surface area contributed by atoms with Gasteiger partial charge in [-0.15, -0.1) is 4.80 Å². The van der Waals surface area contributed by atoms with Gasteiger partial charge < -0.3 is 15.2 Å². The van der Waals surface area contributed by atoms with Crippen molar-refractivity contribution in [3.63, 3.8) is 0 Å². The lowest BCUT2D eigenvalue weighted by Gasteiger charge is -2.33. The summed E-state index contributed by atoms with van der Waals surface area (Å²) in [5.74, 6) is 2.94. The smallest absolute Gasteiger partial charge is 0.174 e. The predicted octanol–water partition coefficient (Wildman–Crippen LogP) is 4.65. The summed E-state index contributed by atoms with van der Waals surface area (Å²) in [7, 11) is 0.